The number of fused-ring (bicyclic) bond motifs is 5. The Hall–Kier alpha value is -3.49. The lowest BCUT2D eigenvalue weighted by molar-refractivity contribution is -0.135. The van der Waals surface area contributed by atoms with Crippen LogP contribution >= 0.6 is 0 Å². The fourth-order valence-electron chi connectivity index (χ4n) is 4.81. The minimum absolute atomic E-state index is 0.00878. The minimum Gasteiger partial charge on any atom is -0.347 e. The Morgan fingerprint density at radius 1 is 1.13 bits per heavy atom. The highest BCUT2D eigenvalue weighted by Gasteiger charge is 2.44. The van der Waals surface area contributed by atoms with Gasteiger partial charge in [0.15, 0.2) is 11.5 Å². The van der Waals surface area contributed by atoms with Gasteiger partial charge in [0.2, 0.25) is 11.8 Å². The molecule has 1 N–H and O–H groups in total. The van der Waals surface area contributed by atoms with Crippen LogP contribution in [0, 0.1) is 5.92 Å². The number of aromatic nitrogens is 4. The lowest BCUT2D eigenvalue weighted by atomic mass is 9.78. The molecule has 3 aromatic rings. The monoisotopic (exact) mass is 406 g/mol. The first kappa shape index (κ1) is 18.5. The Morgan fingerprint density at radius 3 is 2.83 bits per heavy atom. The Morgan fingerprint density at radius 2 is 2.00 bits per heavy atom. The number of hydrogen-bond acceptors (Lipinski definition) is 5. The average Bonchev–Trinajstić information content (AvgIpc) is 3.16. The maximum Gasteiger partial charge on any atom is 0.251 e. The van der Waals surface area contributed by atoms with Gasteiger partial charge >= 0.3 is 0 Å². The highest BCUT2D eigenvalue weighted by Crippen LogP contribution is 2.41. The third kappa shape index (κ3) is 2.97. The molecule has 30 heavy (non-hydrogen) atoms. The molecule has 5 rings (SSSR count). The Bertz CT molecular complexity index is 1200. The maximum absolute atomic E-state index is 13.3. The van der Waals surface area contributed by atoms with Crippen molar-refractivity contribution in [2.24, 2.45) is 5.92 Å². The summed E-state index contributed by atoms with van der Waals surface area (Å²) in [7, 11) is 0. The number of piperidine rings is 1. The fraction of sp³-hybridized carbons (Fsp3) is 0.381. The summed E-state index contributed by atoms with van der Waals surface area (Å²) in [6, 6.07) is 10.0. The molecular formula is C21H22N6O3. The molecule has 2 aliphatic rings. The number of amides is 2. The number of likely N-dealkylation sites (tertiary alicyclic amines) is 1. The van der Waals surface area contributed by atoms with Crippen LogP contribution in [0.25, 0.3) is 5.65 Å². The van der Waals surface area contributed by atoms with Crippen LogP contribution in [0.1, 0.15) is 36.8 Å². The van der Waals surface area contributed by atoms with Crippen molar-refractivity contribution in [1.29, 1.82) is 0 Å². The first-order chi connectivity index (χ1) is 14.5. The van der Waals surface area contributed by atoms with E-state index in [9.17, 15) is 14.4 Å². The lowest BCUT2D eigenvalue weighted by Gasteiger charge is -2.46. The van der Waals surface area contributed by atoms with Gasteiger partial charge in [-0.15, -0.1) is 10.2 Å². The molecule has 0 radical (unpaired) electrons. The van der Waals surface area contributed by atoms with Gasteiger partial charge in [-0.2, -0.15) is 0 Å². The fourth-order valence-corrected chi connectivity index (χ4v) is 4.81. The molecule has 0 aliphatic carbocycles. The molecule has 1 saturated heterocycles. The molecule has 1 fully saturated rings. The van der Waals surface area contributed by atoms with Crippen molar-refractivity contribution in [2.45, 2.75) is 31.8 Å². The number of pyridine rings is 2. The lowest BCUT2D eigenvalue weighted by Crippen LogP contribution is -2.54. The summed E-state index contributed by atoms with van der Waals surface area (Å²) >= 11 is 0. The number of nitrogens with one attached hydrogen (secondary N) is 1. The zero-order chi connectivity index (χ0) is 20.8. The molecular weight excluding hydrogens is 384 g/mol. The quantitative estimate of drug-likeness (QED) is 0.690. The Kier molecular flexibility index (Phi) is 4.38. The third-order valence-electron chi connectivity index (χ3n) is 6.17. The number of carbonyl (C=O) groups is 2. The van der Waals surface area contributed by atoms with Gasteiger partial charge in [0, 0.05) is 49.8 Å². The summed E-state index contributed by atoms with van der Waals surface area (Å²) in [4.78, 5) is 39.8. The van der Waals surface area contributed by atoms with E-state index >= 15 is 0 Å². The van der Waals surface area contributed by atoms with E-state index in [0.29, 0.717) is 24.6 Å². The zero-order valence-electron chi connectivity index (χ0n) is 16.6. The third-order valence-corrected chi connectivity index (χ3v) is 6.17. The summed E-state index contributed by atoms with van der Waals surface area (Å²) in [5.74, 6) is 0.306. The smallest absolute Gasteiger partial charge is 0.251 e. The normalized spacial score (nSPS) is 22.6. The van der Waals surface area contributed by atoms with E-state index in [1.807, 2.05) is 34.9 Å². The summed E-state index contributed by atoms with van der Waals surface area (Å²) in [5, 5.41) is 11.2. The Balaban J connectivity index is 1.46. The van der Waals surface area contributed by atoms with Crippen molar-refractivity contribution in [2.75, 3.05) is 13.1 Å². The number of rotatable bonds is 3. The summed E-state index contributed by atoms with van der Waals surface area (Å²) in [5.41, 5.74) is 1.33. The topological polar surface area (TPSA) is 102 Å². The van der Waals surface area contributed by atoms with Crippen molar-refractivity contribution in [3.63, 3.8) is 0 Å². The van der Waals surface area contributed by atoms with Gasteiger partial charge in [0.05, 0.1) is 6.54 Å². The van der Waals surface area contributed by atoms with Crippen LogP contribution in [-0.4, -0.2) is 49.0 Å². The minimum atomic E-state index is -0.661. The molecule has 154 valence electrons. The molecule has 2 amide bonds. The molecule has 2 aliphatic heterocycles. The molecule has 0 aromatic carbocycles. The van der Waals surface area contributed by atoms with Crippen molar-refractivity contribution >= 4 is 17.5 Å². The number of hydrogen-bond donors (Lipinski definition) is 1. The van der Waals surface area contributed by atoms with Gasteiger partial charge in [-0.1, -0.05) is 12.1 Å². The van der Waals surface area contributed by atoms with E-state index < -0.39 is 6.04 Å². The number of carbonyl (C=O) groups excluding carboxylic acids is 2. The van der Waals surface area contributed by atoms with Crippen molar-refractivity contribution in [3.8, 4) is 0 Å². The van der Waals surface area contributed by atoms with Gasteiger partial charge in [-0.05, 0) is 24.6 Å². The van der Waals surface area contributed by atoms with Gasteiger partial charge in [-0.3, -0.25) is 23.4 Å². The van der Waals surface area contributed by atoms with E-state index in [-0.39, 0.29) is 35.8 Å². The van der Waals surface area contributed by atoms with Gasteiger partial charge in [0.25, 0.3) is 5.56 Å². The largest absolute Gasteiger partial charge is 0.347 e. The van der Waals surface area contributed by atoms with E-state index in [1.165, 1.54) is 6.07 Å². The predicted molar refractivity (Wildman–Crippen MR) is 108 cm³/mol. The van der Waals surface area contributed by atoms with E-state index in [0.717, 1.165) is 12.1 Å². The first-order valence-corrected chi connectivity index (χ1v) is 10.1. The second-order valence-electron chi connectivity index (χ2n) is 7.98. The van der Waals surface area contributed by atoms with Gasteiger partial charge in [-0.25, -0.2) is 0 Å². The van der Waals surface area contributed by atoms with Crippen LogP contribution in [0.2, 0.25) is 0 Å². The van der Waals surface area contributed by atoms with Crippen molar-refractivity contribution < 1.29 is 9.59 Å². The first-order valence-electron chi connectivity index (χ1n) is 10.1. The van der Waals surface area contributed by atoms with Crippen LogP contribution < -0.4 is 10.9 Å². The standard InChI is InChI=1S/C21H22N6O3/c1-13(28)25-11-14-9-15(12-25)20(27-16(14)5-4-7-19(27)29)21(30)22-10-18-24-23-17-6-2-3-8-26(17)18/h2-8,14-15,20H,9-12H2,1H3,(H,22,30)/t14-,15+,20-/m1/s1. The number of nitrogens with zero attached hydrogens (tertiary/aromatic N) is 5. The molecule has 0 saturated carbocycles. The molecule has 3 atom stereocenters. The maximum atomic E-state index is 13.3. The SMILES string of the molecule is CC(=O)N1C[C@H]2C[C@@H](C1)[C@H](C(=O)NCc1nnc3ccccn13)n1c2cccc1=O. The molecule has 2 bridgehead atoms. The van der Waals surface area contributed by atoms with Gasteiger partial charge < -0.3 is 10.2 Å². The molecule has 5 heterocycles. The van der Waals surface area contributed by atoms with E-state index in [4.69, 9.17) is 0 Å². The summed E-state index contributed by atoms with van der Waals surface area (Å²) in [6.45, 7) is 2.79. The van der Waals surface area contributed by atoms with Crippen molar-refractivity contribution in [1.82, 2.24) is 29.4 Å². The molecule has 3 aromatic heterocycles. The summed E-state index contributed by atoms with van der Waals surface area (Å²) < 4.78 is 3.43. The van der Waals surface area contributed by atoms with Gasteiger partial charge in [0.1, 0.15) is 6.04 Å². The van der Waals surface area contributed by atoms with E-state index in [1.54, 1.807) is 22.5 Å². The summed E-state index contributed by atoms with van der Waals surface area (Å²) in [6.07, 6.45) is 2.62. The second-order valence-corrected chi connectivity index (χ2v) is 7.98. The average molecular weight is 406 g/mol. The van der Waals surface area contributed by atoms with Crippen LogP contribution in [0.4, 0.5) is 0 Å². The zero-order valence-corrected chi connectivity index (χ0v) is 16.6. The van der Waals surface area contributed by atoms with Crippen LogP contribution in [0.15, 0.2) is 47.4 Å². The molecule has 9 heteroatoms. The molecule has 0 unspecified atom stereocenters. The highest BCUT2D eigenvalue weighted by molar-refractivity contribution is 5.81. The second kappa shape index (κ2) is 7.08. The highest BCUT2D eigenvalue weighted by atomic mass is 16.2. The van der Waals surface area contributed by atoms with Crippen LogP contribution in [0.5, 0.6) is 0 Å². The predicted octanol–water partition coefficient (Wildman–Crippen LogP) is 0.714. The van der Waals surface area contributed by atoms with Crippen LogP contribution in [0.3, 0.4) is 0 Å². The molecule has 9 nitrogen and oxygen atoms in total. The molecule has 0 spiro atoms. The Labute approximate surface area is 172 Å². The van der Waals surface area contributed by atoms with Crippen LogP contribution in [-0.2, 0) is 16.1 Å². The van der Waals surface area contributed by atoms with Crippen molar-refractivity contribution in [3.05, 3.63) is 64.5 Å². The van der Waals surface area contributed by atoms with E-state index in [2.05, 4.69) is 15.5 Å².